The quantitative estimate of drug-likeness (QED) is 0.752. The highest BCUT2D eigenvalue weighted by molar-refractivity contribution is 7.90. The van der Waals surface area contributed by atoms with Crippen molar-refractivity contribution in [1.29, 1.82) is 0 Å². The lowest BCUT2D eigenvalue weighted by atomic mass is 10.1. The largest absolute Gasteiger partial charge is 0.322 e. The van der Waals surface area contributed by atoms with Crippen LogP contribution in [0.5, 0.6) is 0 Å². The standard InChI is InChI=1S/C13H23N5O2S/c1-3-4-5-6-7-8-9-14-13-16-11-10-15-18(2)12(11)21(19,20)17-13/h10H,3-9H2,1-2H3,(H2,14,16,17). The van der Waals surface area contributed by atoms with E-state index >= 15 is 0 Å². The van der Waals surface area contributed by atoms with Gasteiger partial charge in [-0.2, -0.15) is 13.5 Å². The Morgan fingerprint density at radius 3 is 2.71 bits per heavy atom. The third kappa shape index (κ3) is 3.96. The van der Waals surface area contributed by atoms with Crippen LogP contribution in [0.2, 0.25) is 0 Å². The van der Waals surface area contributed by atoms with Gasteiger partial charge in [0.1, 0.15) is 5.69 Å². The number of hydrogen-bond acceptors (Lipinski definition) is 4. The number of guanidine groups is 1. The maximum absolute atomic E-state index is 12.1. The van der Waals surface area contributed by atoms with Gasteiger partial charge in [-0.15, -0.1) is 0 Å². The summed E-state index contributed by atoms with van der Waals surface area (Å²) in [5.74, 6) is 0.282. The number of nitrogens with one attached hydrogen (secondary N) is 2. The number of aliphatic imine (C=N–C) groups is 1. The first-order chi connectivity index (χ1) is 10.0. The van der Waals surface area contributed by atoms with Crippen LogP contribution >= 0.6 is 0 Å². The number of aryl methyl sites for hydroxylation is 1. The van der Waals surface area contributed by atoms with Crippen LogP contribution in [0.25, 0.3) is 0 Å². The van der Waals surface area contributed by atoms with E-state index in [1.54, 1.807) is 7.05 Å². The van der Waals surface area contributed by atoms with Gasteiger partial charge in [0, 0.05) is 13.6 Å². The maximum Gasteiger partial charge on any atom is 0.283 e. The smallest absolute Gasteiger partial charge is 0.283 e. The van der Waals surface area contributed by atoms with Gasteiger partial charge in [0.2, 0.25) is 5.96 Å². The van der Waals surface area contributed by atoms with Gasteiger partial charge < -0.3 is 5.32 Å². The second-order valence-electron chi connectivity index (χ2n) is 5.22. The molecule has 0 amide bonds. The zero-order chi connectivity index (χ0) is 15.3. The molecule has 118 valence electrons. The monoisotopic (exact) mass is 313 g/mol. The first-order valence-corrected chi connectivity index (χ1v) is 8.89. The van der Waals surface area contributed by atoms with Gasteiger partial charge in [0.25, 0.3) is 10.0 Å². The molecule has 2 heterocycles. The molecule has 2 rings (SSSR count). The molecule has 0 aromatic carbocycles. The Morgan fingerprint density at radius 2 is 1.95 bits per heavy atom. The lowest BCUT2D eigenvalue weighted by Gasteiger charge is -2.18. The van der Waals surface area contributed by atoms with Gasteiger partial charge in [-0.3, -0.25) is 9.67 Å². The first-order valence-electron chi connectivity index (χ1n) is 7.41. The average Bonchev–Trinajstić information content (AvgIpc) is 2.79. The van der Waals surface area contributed by atoms with Crippen LogP contribution in [0.3, 0.4) is 0 Å². The van der Waals surface area contributed by atoms with E-state index in [0.29, 0.717) is 12.2 Å². The molecule has 0 aliphatic carbocycles. The molecule has 0 radical (unpaired) electrons. The third-order valence-electron chi connectivity index (χ3n) is 3.40. The van der Waals surface area contributed by atoms with E-state index in [1.165, 1.54) is 36.6 Å². The molecule has 2 N–H and O–H groups in total. The summed E-state index contributed by atoms with van der Waals surface area (Å²) in [7, 11) is -1.98. The highest BCUT2D eigenvalue weighted by Gasteiger charge is 2.30. The molecule has 0 saturated heterocycles. The molecule has 0 spiro atoms. The fourth-order valence-corrected chi connectivity index (χ4v) is 3.57. The molecule has 0 bridgehead atoms. The van der Waals surface area contributed by atoms with Crippen molar-refractivity contribution < 1.29 is 8.42 Å². The van der Waals surface area contributed by atoms with E-state index in [9.17, 15) is 8.42 Å². The van der Waals surface area contributed by atoms with Crippen LogP contribution in [-0.4, -0.2) is 30.7 Å². The van der Waals surface area contributed by atoms with Crippen LogP contribution in [0.1, 0.15) is 45.4 Å². The Bertz CT molecular complexity index is 606. The molecule has 21 heavy (non-hydrogen) atoms. The minimum absolute atomic E-state index is 0.140. The molecule has 8 heteroatoms. The fourth-order valence-electron chi connectivity index (χ4n) is 2.31. The van der Waals surface area contributed by atoms with E-state index in [0.717, 1.165) is 12.8 Å². The van der Waals surface area contributed by atoms with E-state index in [-0.39, 0.29) is 11.0 Å². The number of rotatable bonds is 7. The molecule has 1 aromatic rings. The van der Waals surface area contributed by atoms with E-state index < -0.39 is 10.0 Å². The normalized spacial score (nSPS) is 18.1. The number of unbranched alkanes of at least 4 members (excludes halogenated alkanes) is 5. The van der Waals surface area contributed by atoms with E-state index in [2.05, 4.69) is 27.1 Å². The lowest BCUT2D eigenvalue weighted by Crippen LogP contribution is -2.41. The zero-order valence-electron chi connectivity index (χ0n) is 12.6. The molecule has 0 saturated carbocycles. The van der Waals surface area contributed by atoms with Gasteiger partial charge in [-0.05, 0) is 6.42 Å². The van der Waals surface area contributed by atoms with E-state index in [1.807, 2.05) is 0 Å². The minimum Gasteiger partial charge on any atom is -0.322 e. The minimum atomic E-state index is -3.58. The summed E-state index contributed by atoms with van der Waals surface area (Å²) >= 11 is 0. The summed E-state index contributed by atoms with van der Waals surface area (Å²) < 4.78 is 27.9. The molecular weight excluding hydrogens is 290 g/mol. The molecular formula is C13H23N5O2S. The molecule has 1 aliphatic rings. The van der Waals surface area contributed by atoms with Crippen LogP contribution in [-0.2, 0) is 17.1 Å². The van der Waals surface area contributed by atoms with Crippen molar-refractivity contribution in [3.63, 3.8) is 0 Å². The summed E-state index contributed by atoms with van der Waals surface area (Å²) in [5, 5.41) is 7.05. The predicted octanol–water partition coefficient (Wildman–Crippen LogP) is 1.84. The number of sulfonamides is 1. The predicted molar refractivity (Wildman–Crippen MR) is 82.8 cm³/mol. The third-order valence-corrected chi connectivity index (χ3v) is 4.86. The number of nitrogens with zero attached hydrogens (tertiary/aromatic N) is 3. The maximum atomic E-state index is 12.1. The average molecular weight is 313 g/mol. The Morgan fingerprint density at radius 1 is 1.24 bits per heavy atom. The van der Waals surface area contributed by atoms with Crippen LogP contribution < -0.4 is 10.0 Å². The zero-order valence-corrected chi connectivity index (χ0v) is 13.4. The molecule has 0 fully saturated rings. The van der Waals surface area contributed by atoms with Gasteiger partial charge >= 0.3 is 0 Å². The van der Waals surface area contributed by atoms with Crippen molar-refractivity contribution >= 4 is 21.7 Å². The van der Waals surface area contributed by atoms with E-state index in [4.69, 9.17) is 0 Å². The summed E-state index contributed by atoms with van der Waals surface area (Å²) in [6.45, 7) is 2.81. The summed E-state index contributed by atoms with van der Waals surface area (Å²) in [6.07, 6.45) is 8.58. The SMILES string of the molecule is CCCCCCCCN=C1Nc2cnn(C)c2S(=O)(=O)N1. The second-order valence-corrected chi connectivity index (χ2v) is 6.81. The van der Waals surface area contributed by atoms with Crippen LogP contribution in [0, 0.1) is 0 Å². The molecule has 7 nitrogen and oxygen atoms in total. The van der Waals surface area contributed by atoms with Crippen LogP contribution in [0.4, 0.5) is 5.69 Å². The van der Waals surface area contributed by atoms with Gasteiger partial charge in [0.15, 0.2) is 5.03 Å². The Kier molecular flexibility index (Phi) is 5.22. The molecule has 0 unspecified atom stereocenters. The number of hydrogen-bond donors (Lipinski definition) is 2. The topological polar surface area (TPSA) is 88.4 Å². The van der Waals surface area contributed by atoms with Gasteiger partial charge in [0.05, 0.1) is 6.20 Å². The molecule has 0 atom stereocenters. The summed E-state index contributed by atoms with van der Waals surface area (Å²) in [5.41, 5.74) is 0.470. The van der Waals surface area contributed by atoms with Gasteiger partial charge in [-0.25, -0.2) is 4.72 Å². The summed E-state index contributed by atoms with van der Waals surface area (Å²) in [6, 6.07) is 0. The highest BCUT2D eigenvalue weighted by atomic mass is 32.2. The highest BCUT2D eigenvalue weighted by Crippen LogP contribution is 2.23. The fraction of sp³-hybridized carbons (Fsp3) is 0.692. The lowest BCUT2D eigenvalue weighted by molar-refractivity contribution is 0.572. The molecule has 1 aliphatic heterocycles. The van der Waals surface area contributed by atoms with Crippen molar-refractivity contribution in [1.82, 2.24) is 14.5 Å². The Balaban J connectivity index is 1.88. The molecule has 1 aromatic heterocycles. The van der Waals surface area contributed by atoms with Crippen molar-refractivity contribution in [2.24, 2.45) is 12.0 Å². The number of anilines is 1. The number of aromatic nitrogens is 2. The first kappa shape index (κ1) is 15.8. The number of fused-ring (bicyclic) bond motifs is 1. The Hall–Kier alpha value is -1.57. The second kappa shape index (κ2) is 6.93. The van der Waals surface area contributed by atoms with Crippen molar-refractivity contribution in [3.05, 3.63) is 6.20 Å². The van der Waals surface area contributed by atoms with Crippen molar-refractivity contribution in [3.8, 4) is 0 Å². The van der Waals surface area contributed by atoms with Crippen molar-refractivity contribution in [2.75, 3.05) is 11.9 Å². The van der Waals surface area contributed by atoms with Crippen LogP contribution in [0.15, 0.2) is 16.2 Å². The van der Waals surface area contributed by atoms with Crippen molar-refractivity contribution in [2.45, 2.75) is 50.5 Å². The van der Waals surface area contributed by atoms with Gasteiger partial charge in [-0.1, -0.05) is 39.0 Å². The summed E-state index contributed by atoms with van der Waals surface area (Å²) in [4.78, 5) is 4.28. The Labute approximate surface area is 125 Å².